The number of amides is 1. The summed E-state index contributed by atoms with van der Waals surface area (Å²) >= 11 is 0. The first-order valence-corrected chi connectivity index (χ1v) is 8.24. The second-order valence-corrected chi connectivity index (χ2v) is 5.80. The van der Waals surface area contributed by atoms with E-state index in [1.807, 2.05) is 59.1 Å². The molecule has 5 nitrogen and oxygen atoms in total. The Balaban J connectivity index is 1.76. The van der Waals surface area contributed by atoms with Crippen molar-refractivity contribution in [3.05, 3.63) is 54.4 Å². The minimum atomic E-state index is -0.514. The molecule has 3 rings (SSSR count). The number of likely N-dealkylation sites (tertiary alicyclic amines) is 1. The van der Waals surface area contributed by atoms with Crippen LogP contribution in [0.3, 0.4) is 0 Å². The van der Waals surface area contributed by atoms with Crippen molar-refractivity contribution in [2.45, 2.75) is 38.5 Å². The van der Waals surface area contributed by atoms with Gasteiger partial charge in [0.25, 0.3) is 5.91 Å². The van der Waals surface area contributed by atoms with Crippen LogP contribution in [0.4, 0.5) is 0 Å². The van der Waals surface area contributed by atoms with Crippen molar-refractivity contribution in [3.63, 3.8) is 0 Å². The zero-order valence-corrected chi connectivity index (χ0v) is 13.5. The van der Waals surface area contributed by atoms with E-state index in [1.165, 1.54) is 0 Å². The van der Waals surface area contributed by atoms with Gasteiger partial charge in [0.1, 0.15) is 0 Å². The fraction of sp³-hybridized carbons (Fsp3) is 0.444. The van der Waals surface area contributed by atoms with E-state index in [0.717, 1.165) is 31.5 Å². The Morgan fingerprint density at radius 3 is 2.87 bits per heavy atom. The molecular weight excluding hydrogens is 290 g/mol. The van der Waals surface area contributed by atoms with Gasteiger partial charge in [-0.15, -0.1) is 0 Å². The number of aromatic nitrogens is 2. The summed E-state index contributed by atoms with van der Waals surface area (Å²) in [6, 6.07) is 11.9. The Kier molecular flexibility index (Phi) is 5.08. The summed E-state index contributed by atoms with van der Waals surface area (Å²) in [7, 11) is 0. The summed E-state index contributed by atoms with van der Waals surface area (Å²) in [5.41, 5.74) is 0.920. The van der Waals surface area contributed by atoms with Crippen LogP contribution in [0, 0.1) is 0 Å². The summed E-state index contributed by atoms with van der Waals surface area (Å²) < 4.78 is 7.67. The van der Waals surface area contributed by atoms with Gasteiger partial charge in [-0.05, 0) is 31.4 Å². The quantitative estimate of drug-likeness (QED) is 0.824. The average molecular weight is 313 g/mol. The lowest BCUT2D eigenvalue weighted by molar-refractivity contribution is -0.145. The monoisotopic (exact) mass is 313 g/mol. The van der Waals surface area contributed by atoms with Crippen LogP contribution >= 0.6 is 0 Å². The number of ether oxygens (including phenoxy) is 1. The van der Waals surface area contributed by atoms with Gasteiger partial charge in [-0.3, -0.25) is 9.48 Å². The molecule has 1 aliphatic rings. The lowest BCUT2D eigenvalue weighted by atomic mass is 10.1. The molecule has 1 aromatic carbocycles. The van der Waals surface area contributed by atoms with E-state index in [9.17, 15) is 4.79 Å². The standard InChI is InChI=1S/C18H23N3O2/c1-2-23-17(15-8-4-3-5-9-15)18(22)21-13-6-10-16(21)14-20-12-7-11-19-20/h3-5,7-9,11-12,16-17H,2,6,10,13-14H2,1H3. The molecule has 5 heteroatoms. The molecule has 1 aromatic heterocycles. The van der Waals surface area contributed by atoms with Crippen molar-refractivity contribution < 1.29 is 9.53 Å². The van der Waals surface area contributed by atoms with E-state index in [2.05, 4.69) is 5.10 Å². The predicted molar refractivity (Wildman–Crippen MR) is 87.8 cm³/mol. The topological polar surface area (TPSA) is 47.4 Å². The molecular formula is C18H23N3O2. The van der Waals surface area contributed by atoms with Crippen LogP contribution in [0.1, 0.15) is 31.4 Å². The summed E-state index contributed by atoms with van der Waals surface area (Å²) in [6.07, 6.45) is 5.25. The third-order valence-corrected chi connectivity index (χ3v) is 4.28. The molecule has 0 bridgehead atoms. The van der Waals surface area contributed by atoms with Crippen LogP contribution < -0.4 is 0 Å². The van der Waals surface area contributed by atoms with Crippen LogP contribution in [0.2, 0.25) is 0 Å². The molecule has 122 valence electrons. The van der Waals surface area contributed by atoms with Crippen LogP contribution in [0.5, 0.6) is 0 Å². The highest BCUT2D eigenvalue weighted by atomic mass is 16.5. The number of hydrogen-bond acceptors (Lipinski definition) is 3. The minimum absolute atomic E-state index is 0.0627. The van der Waals surface area contributed by atoms with E-state index in [0.29, 0.717) is 6.61 Å². The Hall–Kier alpha value is -2.14. The molecule has 0 aliphatic carbocycles. The molecule has 0 saturated carbocycles. The molecule has 0 spiro atoms. The predicted octanol–water partition coefficient (Wildman–Crippen LogP) is 2.65. The third-order valence-electron chi connectivity index (χ3n) is 4.28. The highest BCUT2D eigenvalue weighted by molar-refractivity contribution is 5.83. The second-order valence-electron chi connectivity index (χ2n) is 5.80. The second kappa shape index (κ2) is 7.42. The maximum atomic E-state index is 13.0. The smallest absolute Gasteiger partial charge is 0.256 e. The molecule has 2 aromatic rings. The molecule has 2 atom stereocenters. The Bertz CT molecular complexity index is 612. The normalized spacial score (nSPS) is 19.0. The number of hydrogen-bond donors (Lipinski definition) is 0. The fourth-order valence-corrected chi connectivity index (χ4v) is 3.20. The molecule has 0 N–H and O–H groups in total. The molecule has 1 aliphatic heterocycles. The van der Waals surface area contributed by atoms with Gasteiger partial charge < -0.3 is 9.64 Å². The first-order valence-electron chi connectivity index (χ1n) is 8.24. The fourth-order valence-electron chi connectivity index (χ4n) is 3.20. The van der Waals surface area contributed by atoms with Crippen LogP contribution in [0.25, 0.3) is 0 Å². The third kappa shape index (κ3) is 3.62. The number of carbonyl (C=O) groups excluding carboxylic acids is 1. The highest BCUT2D eigenvalue weighted by Gasteiger charge is 2.34. The summed E-state index contributed by atoms with van der Waals surface area (Å²) in [6.45, 7) is 3.98. The van der Waals surface area contributed by atoms with Gasteiger partial charge in [-0.2, -0.15) is 5.10 Å². The number of rotatable bonds is 6. The molecule has 2 unspecified atom stereocenters. The lowest BCUT2D eigenvalue weighted by Gasteiger charge is -2.29. The van der Waals surface area contributed by atoms with Gasteiger partial charge in [-0.1, -0.05) is 30.3 Å². The van der Waals surface area contributed by atoms with Gasteiger partial charge >= 0.3 is 0 Å². The van der Waals surface area contributed by atoms with E-state index in [1.54, 1.807) is 6.20 Å². The van der Waals surface area contributed by atoms with Gasteiger partial charge in [-0.25, -0.2) is 0 Å². The Labute approximate surface area is 136 Å². The molecule has 23 heavy (non-hydrogen) atoms. The van der Waals surface area contributed by atoms with E-state index < -0.39 is 6.10 Å². The number of nitrogens with zero attached hydrogens (tertiary/aromatic N) is 3. The van der Waals surface area contributed by atoms with Crippen molar-refractivity contribution in [1.82, 2.24) is 14.7 Å². The van der Waals surface area contributed by atoms with Crippen LogP contribution in [-0.4, -0.2) is 39.8 Å². The molecule has 1 amide bonds. The SMILES string of the molecule is CCOC(C(=O)N1CCCC1Cn1cccn1)c1ccccc1. The van der Waals surface area contributed by atoms with Crippen molar-refractivity contribution in [2.75, 3.05) is 13.2 Å². The first kappa shape index (κ1) is 15.7. The molecule has 1 fully saturated rings. The van der Waals surface area contributed by atoms with Gasteiger partial charge in [0.2, 0.25) is 0 Å². The van der Waals surface area contributed by atoms with Crippen molar-refractivity contribution in [1.29, 1.82) is 0 Å². The number of carbonyl (C=O) groups is 1. The lowest BCUT2D eigenvalue weighted by Crippen LogP contribution is -2.41. The molecule has 1 saturated heterocycles. The van der Waals surface area contributed by atoms with Gasteiger partial charge in [0.05, 0.1) is 12.6 Å². The van der Waals surface area contributed by atoms with E-state index in [-0.39, 0.29) is 11.9 Å². The molecule has 0 radical (unpaired) electrons. The van der Waals surface area contributed by atoms with Crippen molar-refractivity contribution >= 4 is 5.91 Å². The summed E-state index contributed by atoms with van der Waals surface area (Å²) in [5, 5.41) is 4.26. The van der Waals surface area contributed by atoms with Gasteiger partial charge in [0.15, 0.2) is 6.10 Å². The largest absolute Gasteiger partial charge is 0.364 e. The Morgan fingerprint density at radius 2 is 2.17 bits per heavy atom. The van der Waals surface area contributed by atoms with Crippen molar-refractivity contribution in [2.24, 2.45) is 0 Å². The van der Waals surface area contributed by atoms with E-state index in [4.69, 9.17) is 4.74 Å². The van der Waals surface area contributed by atoms with Gasteiger partial charge in [0, 0.05) is 25.5 Å². The summed E-state index contributed by atoms with van der Waals surface area (Å²) in [5.74, 6) is 0.0627. The zero-order valence-electron chi connectivity index (χ0n) is 13.5. The molecule has 2 heterocycles. The van der Waals surface area contributed by atoms with Crippen LogP contribution in [-0.2, 0) is 16.1 Å². The average Bonchev–Trinajstić information content (AvgIpc) is 3.25. The Morgan fingerprint density at radius 1 is 1.35 bits per heavy atom. The summed E-state index contributed by atoms with van der Waals surface area (Å²) in [4.78, 5) is 15.0. The maximum absolute atomic E-state index is 13.0. The van der Waals surface area contributed by atoms with Crippen LogP contribution in [0.15, 0.2) is 48.8 Å². The highest BCUT2D eigenvalue weighted by Crippen LogP contribution is 2.26. The first-order chi connectivity index (χ1) is 11.3. The number of benzene rings is 1. The zero-order chi connectivity index (χ0) is 16.1. The minimum Gasteiger partial charge on any atom is -0.364 e. The van der Waals surface area contributed by atoms with Crippen molar-refractivity contribution in [3.8, 4) is 0 Å². The maximum Gasteiger partial charge on any atom is 0.256 e. The van der Waals surface area contributed by atoms with E-state index >= 15 is 0 Å².